The molecule has 0 saturated carbocycles. The minimum absolute atomic E-state index is 0.0764. The lowest BCUT2D eigenvalue weighted by atomic mass is 10.4. The average molecular weight is 156 g/mol. The fraction of sp³-hybridized carbons (Fsp3) is 0. The molecule has 3 N–H and O–H groups in total. The molecule has 0 bridgehead atoms. The Hall–Kier alpha value is -1.92. The molecule has 1 aromatic rings. The van der Waals surface area contributed by atoms with E-state index in [4.69, 9.17) is 5.73 Å². The van der Waals surface area contributed by atoms with Crippen LogP contribution in [0.1, 0.15) is 10.5 Å². The Bertz CT molecular complexity index is 281. The lowest BCUT2D eigenvalue weighted by molar-refractivity contribution is -0.105. The SMILES string of the molecule is NC(=O)c1nonc1NC=O. The normalized spacial score (nSPS) is 9.09. The Morgan fingerprint density at radius 2 is 2.36 bits per heavy atom. The van der Waals surface area contributed by atoms with Gasteiger partial charge in [0.05, 0.1) is 0 Å². The number of anilines is 1. The first-order chi connectivity index (χ1) is 5.25. The number of aromatic nitrogens is 2. The summed E-state index contributed by atoms with van der Waals surface area (Å²) in [5.74, 6) is -0.886. The van der Waals surface area contributed by atoms with Gasteiger partial charge in [-0.25, -0.2) is 4.63 Å². The largest absolute Gasteiger partial charge is 0.364 e. The highest BCUT2D eigenvalue weighted by atomic mass is 16.6. The van der Waals surface area contributed by atoms with E-state index in [1.165, 1.54) is 0 Å². The molecule has 0 aliphatic heterocycles. The maximum atomic E-state index is 10.5. The van der Waals surface area contributed by atoms with Crippen molar-refractivity contribution in [2.75, 3.05) is 5.32 Å². The van der Waals surface area contributed by atoms with Crippen LogP contribution in [0.2, 0.25) is 0 Å². The van der Waals surface area contributed by atoms with Crippen molar-refractivity contribution in [2.24, 2.45) is 5.73 Å². The third kappa shape index (κ3) is 1.31. The van der Waals surface area contributed by atoms with Gasteiger partial charge in [-0.2, -0.15) is 0 Å². The van der Waals surface area contributed by atoms with Crippen LogP contribution in [0.25, 0.3) is 0 Å². The summed E-state index contributed by atoms with van der Waals surface area (Å²) in [5.41, 5.74) is 4.63. The van der Waals surface area contributed by atoms with Crippen LogP contribution < -0.4 is 11.1 Å². The van der Waals surface area contributed by atoms with Crippen LogP contribution in [-0.4, -0.2) is 22.6 Å². The van der Waals surface area contributed by atoms with Crippen LogP contribution in [0.15, 0.2) is 4.63 Å². The van der Waals surface area contributed by atoms with E-state index in [-0.39, 0.29) is 11.5 Å². The van der Waals surface area contributed by atoms with Crippen molar-refractivity contribution >= 4 is 18.1 Å². The highest BCUT2D eigenvalue weighted by molar-refractivity contribution is 5.96. The number of primary amides is 1. The molecule has 11 heavy (non-hydrogen) atoms. The fourth-order valence-electron chi connectivity index (χ4n) is 0.501. The molecule has 0 saturated heterocycles. The summed E-state index contributed by atoms with van der Waals surface area (Å²) in [6, 6.07) is 0. The molecular weight excluding hydrogens is 152 g/mol. The maximum Gasteiger partial charge on any atom is 0.274 e. The summed E-state index contributed by atoms with van der Waals surface area (Å²) in [6.45, 7) is 0. The third-order valence-corrected chi connectivity index (χ3v) is 0.918. The van der Waals surface area contributed by atoms with Crippen molar-refractivity contribution in [1.29, 1.82) is 0 Å². The van der Waals surface area contributed by atoms with E-state index < -0.39 is 5.91 Å². The van der Waals surface area contributed by atoms with Gasteiger partial charge in [0.2, 0.25) is 17.9 Å². The van der Waals surface area contributed by atoms with E-state index in [9.17, 15) is 9.59 Å². The molecule has 0 atom stereocenters. The topological polar surface area (TPSA) is 111 Å². The zero-order chi connectivity index (χ0) is 8.27. The summed E-state index contributed by atoms with van der Waals surface area (Å²) >= 11 is 0. The van der Waals surface area contributed by atoms with E-state index in [1.807, 2.05) is 0 Å². The number of nitrogens with zero attached hydrogens (tertiary/aromatic N) is 2. The first-order valence-corrected chi connectivity index (χ1v) is 2.58. The van der Waals surface area contributed by atoms with Gasteiger partial charge in [-0.1, -0.05) is 0 Å². The second kappa shape index (κ2) is 2.78. The van der Waals surface area contributed by atoms with E-state index in [0.29, 0.717) is 6.41 Å². The van der Waals surface area contributed by atoms with Crippen molar-refractivity contribution in [1.82, 2.24) is 10.3 Å². The highest BCUT2D eigenvalue weighted by Crippen LogP contribution is 2.05. The summed E-state index contributed by atoms with van der Waals surface area (Å²) < 4.78 is 4.14. The number of rotatable bonds is 3. The summed E-state index contributed by atoms with van der Waals surface area (Å²) in [4.78, 5) is 20.3. The van der Waals surface area contributed by atoms with Gasteiger partial charge in [-0.05, 0) is 10.3 Å². The van der Waals surface area contributed by atoms with Gasteiger partial charge in [0.25, 0.3) is 5.91 Å². The average Bonchev–Trinajstić information content (AvgIpc) is 2.36. The summed E-state index contributed by atoms with van der Waals surface area (Å²) in [6.07, 6.45) is 0.339. The number of carbonyl (C=O) groups excluding carboxylic acids is 2. The van der Waals surface area contributed by atoms with Crippen LogP contribution in [0.5, 0.6) is 0 Å². The van der Waals surface area contributed by atoms with Crippen molar-refractivity contribution < 1.29 is 14.2 Å². The minimum Gasteiger partial charge on any atom is -0.364 e. The van der Waals surface area contributed by atoms with E-state index in [0.717, 1.165) is 0 Å². The molecule has 0 aromatic carbocycles. The summed E-state index contributed by atoms with van der Waals surface area (Å²) in [5, 5.41) is 8.44. The lowest BCUT2D eigenvalue weighted by Gasteiger charge is -1.88. The molecule has 1 aromatic heterocycles. The van der Waals surface area contributed by atoms with Crippen molar-refractivity contribution in [2.45, 2.75) is 0 Å². The molecule has 1 rings (SSSR count). The van der Waals surface area contributed by atoms with Crippen molar-refractivity contribution in [3.05, 3.63) is 5.69 Å². The first-order valence-electron chi connectivity index (χ1n) is 2.58. The molecule has 0 radical (unpaired) electrons. The van der Waals surface area contributed by atoms with Gasteiger partial charge in [0, 0.05) is 0 Å². The molecule has 7 nitrogen and oxygen atoms in total. The minimum atomic E-state index is -0.810. The zero-order valence-electron chi connectivity index (χ0n) is 5.27. The van der Waals surface area contributed by atoms with Crippen LogP contribution in [0, 0.1) is 0 Å². The Kier molecular flexibility index (Phi) is 1.81. The molecule has 58 valence electrons. The quantitative estimate of drug-likeness (QED) is 0.530. The molecule has 0 unspecified atom stereocenters. The zero-order valence-corrected chi connectivity index (χ0v) is 5.27. The molecule has 0 aliphatic carbocycles. The predicted octanol–water partition coefficient (Wildman–Crippen LogP) is -1.26. The Balaban J connectivity index is 2.95. The number of hydrogen-bond donors (Lipinski definition) is 2. The van der Waals surface area contributed by atoms with Crippen LogP contribution in [-0.2, 0) is 4.79 Å². The van der Waals surface area contributed by atoms with E-state index in [1.54, 1.807) is 0 Å². The fourth-order valence-corrected chi connectivity index (χ4v) is 0.501. The van der Waals surface area contributed by atoms with E-state index in [2.05, 4.69) is 20.3 Å². The lowest BCUT2D eigenvalue weighted by Crippen LogP contribution is -2.14. The molecule has 1 heterocycles. The second-order valence-corrected chi connectivity index (χ2v) is 1.59. The van der Waals surface area contributed by atoms with Crippen LogP contribution in [0.3, 0.4) is 0 Å². The van der Waals surface area contributed by atoms with Crippen molar-refractivity contribution in [3.8, 4) is 0 Å². The molecule has 2 amide bonds. The highest BCUT2D eigenvalue weighted by Gasteiger charge is 2.13. The van der Waals surface area contributed by atoms with Crippen LogP contribution in [0.4, 0.5) is 5.82 Å². The van der Waals surface area contributed by atoms with Crippen molar-refractivity contribution in [3.63, 3.8) is 0 Å². The maximum absolute atomic E-state index is 10.5. The number of carbonyl (C=O) groups is 2. The van der Waals surface area contributed by atoms with Gasteiger partial charge in [0.1, 0.15) is 0 Å². The van der Waals surface area contributed by atoms with Gasteiger partial charge in [-0.15, -0.1) is 0 Å². The van der Waals surface area contributed by atoms with Gasteiger partial charge >= 0.3 is 0 Å². The molecule has 0 spiro atoms. The molecule has 0 aliphatic rings. The number of nitrogens with one attached hydrogen (secondary N) is 1. The van der Waals surface area contributed by atoms with Gasteiger partial charge in [0.15, 0.2) is 0 Å². The molecule has 0 fully saturated rings. The number of hydrogen-bond acceptors (Lipinski definition) is 5. The van der Waals surface area contributed by atoms with Gasteiger partial charge in [-0.3, -0.25) is 9.59 Å². The number of amides is 2. The Morgan fingerprint density at radius 3 is 2.91 bits per heavy atom. The number of nitrogens with two attached hydrogens (primary N) is 1. The van der Waals surface area contributed by atoms with E-state index >= 15 is 0 Å². The van der Waals surface area contributed by atoms with Gasteiger partial charge < -0.3 is 11.1 Å². The molecule has 7 heteroatoms. The predicted molar refractivity (Wildman–Crippen MR) is 32.5 cm³/mol. The summed E-state index contributed by atoms with van der Waals surface area (Å²) in [7, 11) is 0. The Morgan fingerprint density at radius 1 is 1.64 bits per heavy atom. The smallest absolute Gasteiger partial charge is 0.274 e. The standard InChI is InChI=1S/C4H4N4O3/c5-3(10)2-4(6-1-9)8-11-7-2/h1H,(H2,5,10)(H,6,8,9). The van der Waals surface area contributed by atoms with Crippen LogP contribution >= 0.6 is 0 Å². The molecular formula is C4H4N4O3. The Labute approximate surface area is 60.5 Å². The first kappa shape index (κ1) is 7.19. The monoisotopic (exact) mass is 156 g/mol. The third-order valence-electron chi connectivity index (χ3n) is 0.918. The second-order valence-electron chi connectivity index (χ2n) is 1.59.